The predicted octanol–water partition coefficient (Wildman–Crippen LogP) is 6.30. The van der Waals surface area contributed by atoms with Crippen molar-refractivity contribution in [3.8, 4) is 0 Å². The van der Waals surface area contributed by atoms with Gasteiger partial charge in [0.25, 0.3) is 0 Å². The Morgan fingerprint density at radius 3 is 2.23 bits per heavy atom. The quantitative estimate of drug-likeness (QED) is 0.339. The Bertz CT molecular complexity index is 605. The Morgan fingerprint density at radius 1 is 1.00 bits per heavy atom. The summed E-state index contributed by atoms with van der Waals surface area (Å²) in [7, 11) is 0. The molecule has 2 rings (SSSR count). The number of rotatable bonds is 6. The highest BCUT2D eigenvalue weighted by Gasteiger charge is 2.31. The molecule has 0 saturated carbocycles. The summed E-state index contributed by atoms with van der Waals surface area (Å²) in [5, 5.41) is 8.81. The molecule has 0 aliphatic carbocycles. The largest absolute Gasteiger partial charge is 0.165 e. The highest BCUT2D eigenvalue weighted by molar-refractivity contribution is 6.23. The number of azo groups is 1. The van der Waals surface area contributed by atoms with E-state index < -0.39 is 5.00 Å². The first-order valence-electron chi connectivity index (χ1n) is 7.72. The van der Waals surface area contributed by atoms with Gasteiger partial charge in [0.15, 0.2) is 5.00 Å². The van der Waals surface area contributed by atoms with Crippen LogP contribution in [0.4, 0.5) is 5.69 Å². The summed E-state index contributed by atoms with van der Waals surface area (Å²) >= 11 is 6.74. The number of nitrogens with zero attached hydrogens (tertiary/aromatic N) is 2. The second-order valence-electron chi connectivity index (χ2n) is 5.99. The molecule has 3 heteroatoms. The van der Waals surface area contributed by atoms with Crippen LogP contribution in [0, 0.1) is 12.8 Å². The average Bonchev–Trinajstić information content (AvgIpc) is 2.53. The molecule has 0 amide bonds. The second kappa shape index (κ2) is 7.55. The molecule has 22 heavy (non-hydrogen) atoms. The topological polar surface area (TPSA) is 24.7 Å². The van der Waals surface area contributed by atoms with Gasteiger partial charge < -0.3 is 0 Å². The van der Waals surface area contributed by atoms with E-state index in [9.17, 15) is 0 Å². The van der Waals surface area contributed by atoms with Gasteiger partial charge in [0.2, 0.25) is 0 Å². The number of aryl methyl sites for hydroxylation is 2. The van der Waals surface area contributed by atoms with Gasteiger partial charge in [-0.1, -0.05) is 73.5 Å². The van der Waals surface area contributed by atoms with E-state index in [2.05, 4.69) is 55.3 Å². The van der Waals surface area contributed by atoms with Gasteiger partial charge in [-0.25, -0.2) is 0 Å². The lowest BCUT2D eigenvalue weighted by atomic mass is 9.96. The summed E-state index contributed by atoms with van der Waals surface area (Å²) in [6.45, 7) is 6.24. The summed E-state index contributed by atoms with van der Waals surface area (Å²) in [6, 6.07) is 18.4. The third kappa shape index (κ3) is 4.67. The molecule has 1 unspecified atom stereocenters. The van der Waals surface area contributed by atoms with Crippen molar-refractivity contribution in [1.29, 1.82) is 0 Å². The van der Waals surface area contributed by atoms with Crippen LogP contribution in [0.25, 0.3) is 0 Å². The zero-order chi connectivity index (χ0) is 16.0. The monoisotopic (exact) mass is 314 g/mol. The Morgan fingerprint density at radius 2 is 1.64 bits per heavy atom. The van der Waals surface area contributed by atoms with E-state index in [1.165, 1.54) is 11.1 Å². The maximum Gasteiger partial charge on any atom is 0.157 e. The molecule has 2 aromatic rings. The van der Waals surface area contributed by atoms with Crippen LogP contribution in [0.3, 0.4) is 0 Å². The Hall–Kier alpha value is -1.67. The van der Waals surface area contributed by atoms with Crippen LogP contribution in [0.1, 0.15) is 31.4 Å². The summed E-state index contributed by atoms with van der Waals surface area (Å²) in [5.41, 5.74) is 3.33. The van der Waals surface area contributed by atoms with Crippen molar-refractivity contribution < 1.29 is 0 Å². The van der Waals surface area contributed by atoms with Gasteiger partial charge in [0.05, 0.1) is 5.69 Å². The van der Waals surface area contributed by atoms with Gasteiger partial charge in [-0.15, -0.1) is 0 Å². The van der Waals surface area contributed by atoms with Gasteiger partial charge >= 0.3 is 0 Å². The number of alkyl halides is 1. The highest BCUT2D eigenvalue weighted by atomic mass is 35.5. The molecule has 0 heterocycles. The standard InChI is InChI=1S/C19H23ClN2/c1-15(2)19(20,14-13-17-7-5-4-6-8-17)22-21-18-11-9-16(3)10-12-18/h4-12,15H,13-14H2,1-3H3. The molecule has 2 nitrogen and oxygen atoms in total. The first kappa shape index (κ1) is 16.7. The molecule has 0 radical (unpaired) electrons. The lowest BCUT2D eigenvalue weighted by molar-refractivity contribution is 0.398. The summed E-state index contributed by atoms with van der Waals surface area (Å²) in [4.78, 5) is -0.666. The Balaban J connectivity index is 2.08. The van der Waals surface area contributed by atoms with Crippen LogP contribution in [-0.2, 0) is 6.42 Å². The zero-order valence-corrected chi connectivity index (χ0v) is 14.2. The molecule has 0 bridgehead atoms. The summed E-state index contributed by atoms with van der Waals surface area (Å²) in [6.07, 6.45) is 1.67. The molecule has 1 atom stereocenters. The fourth-order valence-corrected chi connectivity index (χ4v) is 2.30. The van der Waals surface area contributed by atoms with Gasteiger partial charge in [-0.05, 0) is 43.4 Å². The van der Waals surface area contributed by atoms with Crippen molar-refractivity contribution in [2.75, 3.05) is 0 Å². The van der Waals surface area contributed by atoms with Crippen molar-refractivity contribution in [2.45, 2.75) is 38.6 Å². The Kier molecular flexibility index (Phi) is 5.73. The second-order valence-corrected chi connectivity index (χ2v) is 6.65. The number of hydrogen-bond donors (Lipinski definition) is 0. The fourth-order valence-electron chi connectivity index (χ4n) is 2.17. The first-order valence-corrected chi connectivity index (χ1v) is 8.10. The average molecular weight is 315 g/mol. The molecule has 0 aliphatic heterocycles. The lowest BCUT2D eigenvalue weighted by Crippen LogP contribution is -2.26. The van der Waals surface area contributed by atoms with E-state index in [0.717, 1.165) is 18.5 Å². The van der Waals surface area contributed by atoms with Crippen molar-refractivity contribution in [1.82, 2.24) is 0 Å². The number of halogens is 1. The molecule has 0 spiro atoms. The van der Waals surface area contributed by atoms with E-state index in [4.69, 9.17) is 11.6 Å². The van der Waals surface area contributed by atoms with E-state index in [1.54, 1.807) is 0 Å². The highest BCUT2D eigenvalue weighted by Crippen LogP contribution is 2.34. The zero-order valence-electron chi connectivity index (χ0n) is 13.5. The molecule has 116 valence electrons. The van der Waals surface area contributed by atoms with E-state index >= 15 is 0 Å². The molecular formula is C19H23ClN2. The summed E-state index contributed by atoms with van der Waals surface area (Å²) in [5.74, 6) is 0.215. The van der Waals surface area contributed by atoms with Crippen LogP contribution in [-0.4, -0.2) is 5.00 Å². The smallest absolute Gasteiger partial charge is 0.157 e. The summed E-state index contributed by atoms with van der Waals surface area (Å²) < 4.78 is 0. The van der Waals surface area contributed by atoms with Gasteiger partial charge in [-0.3, -0.25) is 0 Å². The molecule has 0 aromatic heterocycles. The molecule has 0 aliphatic rings. The minimum atomic E-state index is -0.666. The Labute approximate surface area is 138 Å². The maximum absolute atomic E-state index is 6.74. The van der Waals surface area contributed by atoms with Gasteiger partial charge in [0, 0.05) is 0 Å². The normalized spacial score (nSPS) is 14.4. The SMILES string of the molecule is Cc1ccc(N=NC(Cl)(CCc2ccccc2)C(C)C)cc1. The minimum absolute atomic E-state index is 0.215. The number of benzene rings is 2. The minimum Gasteiger partial charge on any atom is -0.165 e. The molecule has 0 saturated heterocycles. The molecule has 0 fully saturated rings. The van der Waals surface area contributed by atoms with Crippen LogP contribution < -0.4 is 0 Å². The van der Waals surface area contributed by atoms with Crippen LogP contribution >= 0.6 is 11.6 Å². The van der Waals surface area contributed by atoms with E-state index in [1.807, 2.05) is 30.3 Å². The number of hydrogen-bond acceptors (Lipinski definition) is 2. The lowest BCUT2D eigenvalue weighted by Gasteiger charge is -2.25. The van der Waals surface area contributed by atoms with Crippen molar-refractivity contribution in [3.05, 3.63) is 65.7 Å². The maximum atomic E-state index is 6.74. The van der Waals surface area contributed by atoms with Crippen LogP contribution in [0.15, 0.2) is 64.8 Å². The van der Waals surface area contributed by atoms with Crippen molar-refractivity contribution in [2.24, 2.45) is 16.1 Å². The molecular weight excluding hydrogens is 292 g/mol. The van der Waals surface area contributed by atoms with Crippen LogP contribution in [0.2, 0.25) is 0 Å². The molecule has 2 aromatic carbocycles. The van der Waals surface area contributed by atoms with E-state index in [-0.39, 0.29) is 5.92 Å². The van der Waals surface area contributed by atoms with Crippen LogP contribution in [0.5, 0.6) is 0 Å². The van der Waals surface area contributed by atoms with Gasteiger partial charge in [-0.2, -0.15) is 10.2 Å². The van der Waals surface area contributed by atoms with E-state index in [0.29, 0.717) is 0 Å². The van der Waals surface area contributed by atoms with Gasteiger partial charge in [0.1, 0.15) is 0 Å². The van der Waals surface area contributed by atoms with Crippen molar-refractivity contribution in [3.63, 3.8) is 0 Å². The fraction of sp³-hybridized carbons (Fsp3) is 0.368. The third-order valence-corrected chi connectivity index (χ3v) is 4.56. The van der Waals surface area contributed by atoms with Crippen molar-refractivity contribution >= 4 is 17.3 Å². The molecule has 0 N–H and O–H groups in total. The predicted molar refractivity (Wildman–Crippen MR) is 93.9 cm³/mol. The first-order chi connectivity index (χ1) is 10.5. The third-order valence-electron chi connectivity index (χ3n) is 3.86.